The SMILES string of the molecule is CNC(C)c1cncc(-c2ccc(F)c(F)c2)c1. The molecule has 0 aliphatic heterocycles. The molecule has 4 heteroatoms. The highest BCUT2D eigenvalue weighted by atomic mass is 19.2. The maximum atomic E-state index is 13.2. The lowest BCUT2D eigenvalue weighted by molar-refractivity contribution is 0.509. The number of halogens is 2. The van der Waals surface area contributed by atoms with Gasteiger partial charge in [0.25, 0.3) is 0 Å². The second-order valence-electron chi connectivity index (χ2n) is 4.15. The molecule has 0 saturated heterocycles. The first-order chi connectivity index (χ1) is 8.61. The Kier molecular flexibility index (Phi) is 3.67. The van der Waals surface area contributed by atoms with Gasteiger partial charge in [-0.1, -0.05) is 6.07 Å². The first-order valence-corrected chi connectivity index (χ1v) is 5.69. The zero-order valence-electron chi connectivity index (χ0n) is 10.2. The molecular formula is C14H14F2N2. The van der Waals surface area contributed by atoms with Crippen molar-refractivity contribution >= 4 is 0 Å². The summed E-state index contributed by atoms with van der Waals surface area (Å²) in [5.41, 5.74) is 2.39. The van der Waals surface area contributed by atoms with Crippen molar-refractivity contribution < 1.29 is 8.78 Å². The van der Waals surface area contributed by atoms with Crippen LogP contribution in [0.2, 0.25) is 0 Å². The van der Waals surface area contributed by atoms with Crippen LogP contribution in [0, 0.1) is 11.6 Å². The van der Waals surface area contributed by atoms with Gasteiger partial charge in [0.1, 0.15) is 0 Å². The lowest BCUT2D eigenvalue weighted by atomic mass is 10.0. The summed E-state index contributed by atoms with van der Waals surface area (Å²) in [7, 11) is 1.86. The summed E-state index contributed by atoms with van der Waals surface area (Å²) in [4.78, 5) is 4.13. The van der Waals surface area contributed by atoms with E-state index in [1.54, 1.807) is 18.5 Å². The van der Waals surface area contributed by atoms with Crippen LogP contribution < -0.4 is 5.32 Å². The van der Waals surface area contributed by atoms with Crippen molar-refractivity contribution in [2.45, 2.75) is 13.0 Å². The van der Waals surface area contributed by atoms with E-state index in [9.17, 15) is 8.78 Å². The predicted molar refractivity (Wildman–Crippen MR) is 67.1 cm³/mol. The molecule has 1 aromatic carbocycles. The van der Waals surface area contributed by atoms with Crippen molar-refractivity contribution in [1.29, 1.82) is 0 Å². The number of benzene rings is 1. The Morgan fingerprint density at radius 2 is 1.83 bits per heavy atom. The number of hydrogen-bond donors (Lipinski definition) is 1. The summed E-state index contributed by atoms with van der Waals surface area (Å²) in [6.07, 6.45) is 3.39. The molecule has 18 heavy (non-hydrogen) atoms. The number of nitrogens with one attached hydrogen (secondary N) is 1. The number of aromatic nitrogens is 1. The molecule has 1 N–H and O–H groups in total. The van der Waals surface area contributed by atoms with Crippen LogP contribution in [0.1, 0.15) is 18.5 Å². The normalized spacial score (nSPS) is 12.4. The highest BCUT2D eigenvalue weighted by molar-refractivity contribution is 5.63. The molecule has 2 aromatic rings. The molecule has 1 unspecified atom stereocenters. The quantitative estimate of drug-likeness (QED) is 0.901. The summed E-state index contributed by atoms with van der Waals surface area (Å²) < 4.78 is 26.1. The van der Waals surface area contributed by atoms with E-state index in [4.69, 9.17) is 0 Å². The molecule has 0 aliphatic rings. The topological polar surface area (TPSA) is 24.9 Å². The summed E-state index contributed by atoms with van der Waals surface area (Å²) in [6.45, 7) is 2.01. The van der Waals surface area contributed by atoms with Crippen LogP contribution in [0.5, 0.6) is 0 Å². The van der Waals surface area contributed by atoms with Gasteiger partial charge in [0.2, 0.25) is 0 Å². The molecule has 1 heterocycles. The van der Waals surface area contributed by atoms with E-state index >= 15 is 0 Å². The Balaban J connectivity index is 2.41. The van der Waals surface area contributed by atoms with Crippen LogP contribution in [0.4, 0.5) is 8.78 Å². The minimum Gasteiger partial charge on any atom is -0.313 e. The summed E-state index contributed by atoms with van der Waals surface area (Å²) >= 11 is 0. The third kappa shape index (κ3) is 2.54. The highest BCUT2D eigenvalue weighted by Crippen LogP contribution is 2.23. The minimum absolute atomic E-state index is 0.155. The van der Waals surface area contributed by atoms with Crippen molar-refractivity contribution in [1.82, 2.24) is 10.3 Å². The second kappa shape index (κ2) is 5.23. The van der Waals surface area contributed by atoms with Crippen molar-refractivity contribution in [2.75, 3.05) is 7.05 Å². The maximum absolute atomic E-state index is 13.2. The van der Waals surface area contributed by atoms with Gasteiger partial charge in [0.05, 0.1) is 0 Å². The average molecular weight is 248 g/mol. The van der Waals surface area contributed by atoms with Crippen LogP contribution in [-0.4, -0.2) is 12.0 Å². The standard InChI is InChI=1S/C14H14F2N2/c1-9(17-2)11-5-12(8-18-7-11)10-3-4-13(15)14(16)6-10/h3-9,17H,1-2H3. The smallest absolute Gasteiger partial charge is 0.159 e. The van der Waals surface area contributed by atoms with Gasteiger partial charge in [0.15, 0.2) is 11.6 Å². The monoisotopic (exact) mass is 248 g/mol. The van der Waals surface area contributed by atoms with Gasteiger partial charge in [-0.2, -0.15) is 0 Å². The third-order valence-electron chi connectivity index (χ3n) is 2.95. The lowest BCUT2D eigenvalue weighted by Gasteiger charge is -2.11. The zero-order valence-corrected chi connectivity index (χ0v) is 10.2. The van der Waals surface area contributed by atoms with E-state index in [2.05, 4.69) is 10.3 Å². The molecule has 0 saturated carbocycles. The highest BCUT2D eigenvalue weighted by Gasteiger charge is 2.08. The van der Waals surface area contributed by atoms with Crippen LogP contribution in [-0.2, 0) is 0 Å². The predicted octanol–water partition coefficient (Wildman–Crippen LogP) is 3.31. The number of pyridine rings is 1. The molecule has 0 radical (unpaired) electrons. The number of nitrogens with zero attached hydrogens (tertiary/aromatic N) is 1. The average Bonchev–Trinajstić information content (AvgIpc) is 2.41. The zero-order chi connectivity index (χ0) is 13.1. The minimum atomic E-state index is -0.848. The van der Waals surface area contributed by atoms with Gasteiger partial charge in [-0.3, -0.25) is 4.98 Å². The molecule has 94 valence electrons. The molecule has 1 atom stereocenters. The van der Waals surface area contributed by atoms with E-state index in [0.717, 1.165) is 17.2 Å². The van der Waals surface area contributed by atoms with E-state index in [-0.39, 0.29) is 6.04 Å². The summed E-state index contributed by atoms with van der Waals surface area (Å²) in [6, 6.07) is 5.92. The maximum Gasteiger partial charge on any atom is 0.159 e. The van der Waals surface area contributed by atoms with Crippen molar-refractivity contribution in [2.24, 2.45) is 0 Å². The van der Waals surface area contributed by atoms with Gasteiger partial charge in [0, 0.05) is 24.0 Å². The molecule has 2 rings (SSSR count). The molecule has 0 bridgehead atoms. The van der Waals surface area contributed by atoms with Gasteiger partial charge in [-0.25, -0.2) is 8.78 Å². The van der Waals surface area contributed by atoms with Crippen molar-refractivity contribution in [3.05, 3.63) is 53.9 Å². The van der Waals surface area contributed by atoms with E-state index < -0.39 is 11.6 Å². The third-order valence-corrected chi connectivity index (χ3v) is 2.95. The van der Waals surface area contributed by atoms with E-state index in [1.165, 1.54) is 6.07 Å². The Labute approximate surface area is 105 Å². The van der Waals surface area contributed by atoms with Gasteiger partial charge in [-0.15, -0.1) is 0 Å². The summed E-state index contributed by atoms with van der Waals surface area (Å²) in [5, 5.41) is 3.11. The molecule has 0 fully saturated rings. The fourth-order valence-electron chi connectivity index (χ4n) is 1.69. The lowest BCUT2D eigenvalue weighted by Crippen LogP contribution is -2.12. The van der Waals surface area contributed by atoms with E-state index in [1.807, 2.05) is 20.0 Å². The molecule has 2 nitrogen and oxygen atoms in total. The molecule has 0 amide bonds. The van der Waals surface area contributed by atoms with Crippen LogP contribution in [0.15, 0.2) is 36.7 Å². The van der Waals surface area contributed by atoms with Crippen LogP contribution in [0.25, 0.3) is 11.1 Å². The van der Waals surface area contributed by atoms with Gasteiger partial charge >= 0.3 is 0 Å². The molecular weight excluding hydrogens is 234 g/mol. The molecule has 0 spiro atoms. The first-order valence-electron chi connectivity index (χ1n) is 5.69. The molecule has 0 aliphatic carbocycles. The number of rotatable bonds is 3. The Morgan fingerprint density at radius 3 is 2.50 bits per heavy atom. The summed E-state index contributed by atoms with van der Waals surface area (Å²) in [5.74, 6) is -1.69. The Bertz CT molecular complexity index is 555. The van der Waals surface area contributed by atoms with Crippen LogP contribution >= 0.6 is 0 Å². The van der Waals surface area contributed by atoms with Gasteiger partial charge in [-0.05, 0) is 43.3 Å². The van der Waals surface area contributed by atoms with Gasteiger partial charge < -0.3 is 5.32 Å². The largest absolute Gasteiger partial charge is 0.313 e. The van der Waals surface area contributed by atoms with Crippen molar-refractivity contribution in [3.63, 3.8) is 0 Å². The fourth-order valence-corrected chi connectivity index (χ4v) is 1.69. The second-order valence-corrected chi connectivity index (χ2v) is 4.15. The number of hydrogen-bond acceptors (Lipinski definition) is 2. The Hall–Kier alpha value is -1.81. The first kappa shape index (κ1) is 12.6. The fraction of sp³-hybridized carbons (Fsp3) is 0.214. The van der Waals surface area contributed by atoms with Crippen molar-refractivity contribution in [3.8, 4) is 11.1 Å². The Morgan fingerprint density at radius 1 is 1.06 bits per heavy atom. The van der Waals surface area contributed by atoms with Crippen LogP contribution in [0.3, 0.4) is 0 Å². The molecule has 1 aromatic heterocycles. The van der Waals surface area contributed by atoms with E-state index in [0.29, 0.717) is 5.56 Å².